The Morgan fingerprint density at radius 2 is 2.15 bits per heavy atom. The molecule has 0 aliphatic carbocycles. The van der Waals surface area contributed by atoms with Gasteiger partial charge in [-0.3, -0.25) is 4.79 Å². The van der Waals surface area contributed by atoms with Crippen LogP contribution in [0, 0.1) is 0 Å². The fourth-order valence-electron chi connectivity index (χ4n) is 0.290. The summed E-state index contributed by atoms with van der Waals surface area (Å²) in [7, 11) is -4.24. The van der Waals surface area contributed by atoms with Gasteiger partial charge >= 0.3 is 13.2 Å². The van der Waals surface area contributed by atoms with Crippen LogP contribution in [0.3, 0.4) is 0 Å². The molecular weight excluding hydrogens is 331 g/mol. The molecule has 0 aromatic rings. The maximum absolute atomic E-state index is 10.8. The zero-order valence-electron chi connectivity index (χ0n) is 6.65. The van der Waals surface area contributed by atoms with Gasteiger partial charge in [-0.25, -0.2) is 4.57 Å². The summed E-state index contributed by atoms with van der Waals surface area (Å²) in [6.45, 7) is -0.0536. The van der Waals surface area contributed by atoms with Gasteiger partial charge in [-0.1, -0.05) is 31.9 Å². The number of alkyl halides is 2. The molecule has 0 radical (unpaired) electrons. The molecule has 0 aliphatic heterocycles. The first kappa shape index (κ1) is 16.0. The fraction of sp³-hybridized carbons (Fsp3) is 0.750. The standard InChI is InChI=1S/C4H8Br2NO4P.H3N/c5-1-3(6)2-11-12(9,10)4(7)8;/h3H,1-2H2,(H2,7,8)(H,9,10);1H3. The van der Waals surface area contributed by atoms with E-state index in [1.54, 1.807) is 0 Å². The summed E-state index contributed by atoms with van der Waals surface area (Å²) in [4.78, 5) is 18.9. The number of nitrogens with two attached hydrogens (primary N) is 1. The largest absolute Gasteiger partial charge is 0.415 e. The molecule has 0 spiro atoms. The molecule has 0 saturated heterocycles. The van der Waals surface area contributed by atoms with E-state index < -0.39 is 13.2 Å². The van der Waals surface area contributed by atoms with Gasteiger partial charge in [0.1, 0.15) is 0 Å². The molecule has 0 aliphatic rings. The Kier molecular flexibility index (Phi) is 8.50. The smallest absolute Gasteiger partial charge is 0.359 e. The highest BCUT2D eigenvalue weighted by Crippen LogP contribution is 2.41. The van der Waals surface area contributed by atoms with Crippen LogP contribution in [0.4, 0.5) is 4.79 Å². The van der Waals surface area contributed by atoms with Gasteiger partial charge in [0.15, 0.2) is 0 Å². The number of rotatable bonds is 5. The van der Waals surface area contributed by atoms with Gasteiger partial charge in [-0.15, -0.1) is 0 Å². The third-order valence-corrected chi connectivity index (χ3v) is 4.17. The van der Waals surface area contributed by atoms with Gasteiger partial charge in [0, 0.05) is 10.2 Å². The average Bonchev–Trinajstić information content (AvgIpc) is 2.00. The van der Waals surface area contributed by atoms with E-state index in [1.807, 2.05) is 0 Å². The number of primary amides is 1. The first-order valence-electron chi connectivity index (χ1n) is 2.87. The summed E-state index contributed by atoms with van der Waals surface area (Å²) in [5, 5.41) is 0.547. The lowest BCUT2D eigenvalue weighted by Gasteiger charge is -2.09. The zero-order chi connectivity index (χ0) is 9.78. The summed E-state index contributed by atoms with van der Waals surface area (Å²) < 4.78 is 15.2. The van der Waals surface area contributed by atoms with E-state index in [9.17, 15) is 9.36 Å². The van der Waals surface area contributed by atoms with Gasteiger partial charge in [-0.05, 0) is 0 Å². The number of amides is 1. The van der Waals surface area contributed by atoms with Crippen LogP contribution in [-0.2, 0) is 9.09 Å². The van der Waals surface area contributed by atoms with Crippen molar-refractivity contribution in [1.82, 2.24) is 6.15 Å². The van der Waals surface area contributed by atoms with E-state index in [4.69, 9.17) is 4.89 Å². The second-order valence-corrected chi connectivity index (χ2v) is 5.59. The van der Waals surface area contributed by atoms with Gasteiger partial charge < -0.3 is 21.3 Å². The molecular formula is C4H11Br2N2O4P. The number of carbonyl (C=O) groups excluding carboxylic acids is 1. The lowest BCUT2D eigenvalue weighted by molar-refractivity contribution is 0.237. The predicted molar refractivity (Wildman–Crippen MR) is 56.9 cm³/mol. The molecule has 0 rings (SSSR count). The van der Waals surface area contributed by atoms with Crippen molar-refractivity contribution in [2.45, 2.75) is 4.83 Å². The van der Waals surface area contributed by atoms with Crippen LogP contribution in [0.2, 0.25) is 0 Å². The van der Waals surface area contributed by atoms with Crippen molar-refractivity contribution >= 4 is 45.1 Å². The second-order valence-electron chi connectivity index (χ2n) is 1.91. The molecule has 0 aromatic heterocycles. The molecule has 0 bridgehead atoms. The van der Waals surface area contributed by atoms with E-state index in [2.05, 4.69) is 42.1 Å². The van der Waals surface area contributed by atoms with E-state index in [0.29, 0.717) is 5.33 Å². The molecule has 0 fully saturated rings. The summed E-state index contributed by atoms with van der Waals surface area (Å²) in [6, 6.07) is 0. The molecule has 13 heavy (non-hydrogen) atoms. The number of halogens is 2. The van der Waals surface area contributed by atoms with Gasteiger partial charge in [-0.2, -0.15) is 0 Å². The van der Waals surface area contributed by atoms with Crippen molar-refractivity contribution in [3.05, 3.63) is 0 Å². The lowest BCUT2D eigenvalue weighted by Crippen LogP contribution is -2.15. The molecule has 2 unspecified atom stereocenters. The highest BCUT2D eigenvalue weighted by Gasteiger charge is 2.28. The van der Waals surface area contributed by atoms with Crippen molar-refractivity contribution < 1.29 is 18.8 Å². The third-order valence-electron chi connectivity index (χ3n) is 0.876. The van der Waals surface area contributed by atoms with Crippen LogP contribution < -0.4 is 11.9 Å². The molecule has 6 N–H and O–H groups in total. The van der Waals surface area contributed by atoms with Crippen molar-refractivity contribution in [2.75, 3.05) is 11.9 Å². The zero-order valence-corrected chi connectivity index (χ0v) is 10.7. The highest BCUT2D eigenvalue weighted by molar-refractivity contribution is 9.12. The fourth-order valence-corrected chi connectivity index (χ4v) is 1.32. The third kappa shape index (κ3) is 6.59. The van der Waals surface area contributed by atoms with Crippen LogP contribution >= 0.6 is 39.5 Å². The molecule has 0 aromatic carbocycles. The lowest BCUT2D eigenvalue weighted by atomic mass is 10.5. The number of hydrogen-bond acceptors (Lipinski definition) is 4. The molecule has 6 nitrogen and oxygen atoms in total. The van der Waals surface area contributed by atoms with Crippen LogP contribution in [-0.4, -0.2) is 27.3 Å². The summed E-state index contributed by atoms with van der Waals surface area (Å²) in [5.41, 5.74) is 3.26. The van der Waals surface area contributed by atoms with Gasteiger partial charge in [0.2, 0.25) is 0 Å². The van der Waals surface area contributed by atoms with E-state index in [0.717, 1.165) is 0 Å². The van der Waals surface area contributed by atoms with E-state index in [-0.39, 0.29) is 17.6 Å². The average molecular weight is 342 g/mol. The number of carbonyl (C=O) groups is 1. The highest BCUT2D eigenvalue weighted by atomic mass is 79.9. The minimum atomic E-state index is -4.24. The summed E-state index contributed by atoms with van der Waals surface area (Å²) in [5.74, 6) is 0. The van der Waals surface area contributed by atoms with Crippen molar-refractivity contribution in [3.63, 3.8) is 0 Å². The molecule has 80 valence electrons. The minimum absolute atomic E-state index is 0. The molecule has 1 amide bonds. The monoisotopic (exact) mass is 340 g/mol. The number of hydrogen-bond donors (Lipinski definition) is 3. The normalized spacial score (nSPS) is 16.8. The predicted octanol–water partition coefficient (Wildman–Crippen LogP) is 1.59. The molecule has 0 saturated carbocycles. The van der Waals surface area contributed by atoms with Crippen LogP contribution in [0.1, 0.15) is 0 Å². The minimum Gasteiger partial charge on any atom is -0.359 e. The Morgan fingerprint density at radius 1 is 1.69 bits per heavy atom. The Morgan fingerprint density at radius 3 is 2.46 bits per heavy atom. The SMILES string of the molecule is N.NC(=O)P(=O)(O)OCC(Br)CBr. The van der Waals surface area contributed by atoms with Crippen molar-refractivity contribution in [2.24, 2.45) is 5.73 Å². The topological polar surface area (TPSA) is 125 Å². The van der Waals surface area contributed by atoms with Gasteiger partial charge in [0.25, 0.3) is 0 Å². The van der Waals surface area contributed by atoms with Crippen LogP contribution in [0.15, 0.2) is 0 Å². The molecule has 2 atom stereocenters. The second kappa shape index (κ2) is 6.92. The van der Waals surface area contributed by atoms with E-state index in [1.165, 1.54) is 0 Å². The Hall–Kier alpha value is 0.540. The van der Waals surface area contributed by atoms with Crippen LogP contribution in [0.25, 0.3) is 0 Å². The first-order chi connectivity index (χ1) is 5.40. The molecule has 0 heterocycles. The summed E-state index contributed by atoms with van der Waals surface area (Å²) in [6.07, 6.45) is 0. The summed E-state index contributed by atoms with van der Waals surface area (Å²) >= 11 is 6.23. The van der Waals surface area contributed by atoms with Gasteiger partial charge in [0.05, 0.1) is 6.61 Å². The first-order valence-corrected chi connectivity index (χ1v) is 6.49. The maximum Gasteiger partial charge on any atom is 0.415 e. The van der Waals surface area contributed by atoms with Crippen molar-refractivity contribution in [1.29, 1.82) is 0 Å². The quantitative estimate of drug-likeness (QED) is 0.517. The Labute approximate surface area is 92.6 Å². The van der Waals surface area contributed by atoms with Crippen molar-refractivity contribution in [3.8, 4) is 0 Å². The maximum atomic E-state index is 10.8. The Balaban J connectivity index is 0. The van der Waals surface area contributed by atoms with E-state index >= 15 is 0 Å². The molecule has 9 heteroatoms. The Bertz CT molecular complexity index is 214. The van der Waals surface area contributed by atoms with Crippen LogP contribution in [0.5, 0.6) is 0 Å².